The molecule has 0 aliphatic rings. The summed E-state index contributed by atoms with van der Waals surface area (Å²) < 4.78 is 4.56. The number of carbonyl (C=O) groups excluding carboxylic acids is 1. The molecule has 0 radical (unpaired) electrons. The summed E-state index contributed by atoms with van der Waals surface area (Å²) >= 11 is 3.97. The van der Waals surface area contributed by atoms with Crippen LogP contribution in [-0.4, -0.2) is 40.1 Å². The van der Waals surface area contributed by atoms with Crippen molar-refractivity contribution in [3.8, 4) is 0 Å². The number of methoxy groups -OCH3 is 1. The van der Waals surface area contributed by atoms with Gasteiger partial charge in [-0.05, 0) is 18.2 Å². The van der Waals surface area contributed by atoms with E-state index in [1.54, 1.807) is 6.07 Å². The van der Waals surface area contributed by atoms with Crippen LogP contribution >= 0.6 is 12.6 Å². The topological polar surface area (TPSA) is 79.7 Å². The number of pyridine rings is 1. The number of rotatable bonds is 5. The average molecular weight is 257 g/mol. The van der Waals surface area contributed by atoms with E-state index in [4.69, 9.17) is 0 Å². The summed E-state index contributed by atoms with van der Waals surface area (Å²) in [6.45, 7) is 0. The maximum Gasteiger partial charge on any atom is 0.357 e. The van der Waals surface area contributed by atoms with Crippen LogP contribution in [0, 0.1) is 0 Å². The zero-order valence-corrected chi connectivity index (χ0v) is 10.3. The van der Waals surface area contributed by atoms with Crippen LogP contribution in [0.3, 0.4) is 0 Å². The van der Waals surface area contributed by atoms with Gasteiger partial charge in [-0.25, -0.2) is 9.78 Å². The number of carbonyl (C=O) groups is 1. The molecule has 0 aliphatic carbocycles. The number of hydrogen-bond donors (Lipinski definition) is 3. The molecule has 2 atom stereocenters. The highest BCUT2D eigenvalue weighted by molar-refractivity contribution is 7.80. The molecule has 5 nitrogen and oxygen atoms in total. The van der Waals surface area contributed by atoms with Gasteiger partial charge < -0.3 is 14.9 Å². The molecule has 1 aromatic heterocycles. The summed E-state index contributed by atoms with van der Waals surface area (Å²) in [5, 5.41) is 19.6. The standard InChI is InChI=1S/C11H15NO4S/c1-16-11(15)9-7(3-2-5-12-9)10(14)8(13)4-6-17/h2-3,5,8,10,13-14,17H,4,6H2,1H3. The third-order valence-electron chi connectivity index (χ3n) is 2.33. The number of thiol groups is 1. The first-order chi connectivity index (χ1) is 8.11. The summed E-state index contributed by atoms with van der Waals surface area (Å²) in [5.41, 5.74) is 0.273. The van der Waals surface area contributed by atoms with Crippen molar-refractivity contribution in [2.45, 2.75) is 18.6 Å². The van der Waals surface area contributed by atoms with Crippen LogP contribution < -0.4 is 0 Å². The molecule has 0 saturated carbocycles. The zero-order chi connectivity index (χ0) is 12.8. The third kappa shape index (κ3) is 3.42. The number of ether oxygens (including phenoxy) is 1. The van der Waals surface area contributed by atoms with Gasteiger partial charge in [-0.15, -0.1) is 0 Å². The Bertz CT molecular complexity index is 385. The van der Waals surface area contributed by atoms with E-state index in [0.29, 0.717) is 12.2 Å². The fourth-order valence-electron chi connectivity index (χ4n) is 1.42. The number of hydrogen-bond acceptors (Lipinski definition) is 6. The number of aromatic nitrogens is 1. The van der Waals surface area contributed by atoms with Crippen LogP contribution in [0.4, 0.5) is 0 Å². The maximum absolute atomic E-state index is 11.4. The lowest BCUT2D eigenvalue weighted by molar-refractivity contribution is 0.0156. The number of aliphatic hydroxyl groups is 2. The molecule has 0 spiro atoms. The Hall–Kier alpha value is -1.11. The molecule has 0 amide bonds. The number of esters is 1. The van der Waals surface area contributed by atoms with Crippen molar-refractivity contribution in [1.82, 2.24) is 4.98 Å². The van der Waals surface area contributed by atoms with Crippen molar-refractivity contribution in [1.29, 1.82) is 0 Å². The minimum absolute atomic E-state index is 0.0146. The van der Waals surface area contributed by atoms with Gasteiger partial charge in [0.2, 0.25) is 0 Å². The van der Waals surface area contributed by atoms with Gasteiger partial charge in [0, 0.05) is 11.8 Å². The van der Waals surface area contributed by atoms with Crippen molar-refractivity contribution >= 4 is 18.6 Å². The van der Waals surface area contributed by atoms with E-state index >= 15 is 0 Å². The molecule has 1 aromatic rings. The van der Waals surface area contributed by atoms with Gasteiger partial charge in [-0.3, -0.25) is 0 Å². The van der Waals surface area contributed by atoms with Crippen LogP contribution in [-0.2, 0) is 4.74 Å². The van der Waals surface area contributed by atoms with Gasteiger partial charge in [0.15, 0.2) is 5.69 Å². The molecule has 2 unspecified atom stereocenters. The smallest absolute Gasteiger partial charge is 0.357 e. The first-order valence-corrected chi connectivity index (χ1v) is 5.75. The fraction of sp³-hybridized carbons (Fsp3) is 0.455. The van der Waals surface area contributed by atoms with Crippen LogP contribution in [0.25, 0.3) is 0 Å². The second-order valence-corrected chi connectivity index (χ2v) is 3.90. The SMILES string of the molecule is COC(=O)c1ncccc1C(O)C(O)CCS. The molecule has 6 heteroatoms. The quantitative estimate of drug-likeness (QED) is 0.531. The largest absolute Gasteiger partial charge is 0.464 e. The van der Waals surface area contributed by atoms with Crippen LogP contribution in [0.2, 0.25) is 0 Å². The summed E-state index contributed by atoms with van der Waals surface area (Å²) in [5.74, 6) is -0.204. The summed E-state index contributed by atoms with van der Waals surface area (Å²) in [7, 11) is 1.23. The lowest BCUT2D eigenvalue weighted by Gasteiger charge is -2.18. The Labute approximate surface area is 105 Å². The Morgan fingerprint density at radius 3 is 2.88 bits per heavy atom. The van der Waals surface area contributed by atoms with E-state index in [-0.39, 0.29) is 11.3 Å². The monoisotopic (exact) mass is 257 g/mol. The minimum atomic E-state index is -1.18. The minimum Gasteiger partial charge on any atom is -0.464 e. The molecular weight excluding hydrogens is 242 g/mol. The van der Waals surface area contributed by atoms with E-state index in [2.05, 4.69) is 22.3 Å². The highest BCUT2D eigenvalue weighted by Crippen LogP contribution is 2.22. The molecule has 0 aliphatic heterocycles. The van der Waals surface area contributed by atoms with Gasteiger partial charge in [-0.2, -0.15) is 12.6 Å². The van der Waals surface area contributed by atoms with Crippen molar-refractivity contribution in [2.24, 2.45) is 0 Å². The van der Waals surface area contributed by atoms with E-state index < -0.39 is 18.2 Å². The predicted molar refractivity (Wildman–Crippen MR) is 65.0 cm³/mol. The molecule has 2 N–H and O–H groups in total. The Balaban J connectivity index is 3.00. The number of aliphatic hydroxyl groups excluding tert-OH is 2. The Morgan fingerprint density at radius 2 is 2.29 bits per heavy atom. The van der Waals surface area contributed by atoms with Crippen molar-refractivity contribution in [3.05, 3.63) is 29.6 Å². The van der Waals surface area contributed by atoms with Crippen molar-refractivity contribution in [2.75, 3.05) is 12.9 Å². The van der Waals surface area contributed by atoms with Gasteiger partial charge in [0.25, 0.3) is 0 Å². The Morgan fingerprint density at radius 1 is 1.59 bits per heavy atom. The molecule has 0 saturated heterocycles. The normalized spacial score (nSPS) is 14.1. The third-order valence-corrected chi connectivity index (χ3v) is 2.58. The van der Waals surface area contributed by atoms with E-state index in [1.165, 1.54) is 19.4 Å². The average Bonchev–Trinajstić information content (AvgIpc) is 2.37. The van der Waals surface area contributed by atoms with Crippen molar-refractivity contribution < 1.29 is 19.7 Å². The second-order valence-electron chi connectivity index (χ2n) is 3.46. The first-order valence-electron chi connectivity index (χ1n) is 5.12. The lowest BCUT2D eigenvalue weighted by atomic mass is 10.0. The van der Waals surface area contributed by atoms with Crippen LogP contribution in [0.1, 0.15) is 28.6 Å². The second kappa shape index (κ2) is 6.58. The molecule has 17 heavy (non-hydrogen) atoms. The molecule has 0 fully saturated rings. The molecule has 0 bridgehead atoms. The molecular formula is C11H15NO4S. The molecule has 0 aromatic carbocycles. The zero-order valence-electron chi connectivity index (χ0n) is 9.41. The van der Waals surface area contributed by atoms with Gasteiger partial charge in [0.05, 0.1) is 13.2 Å². The highest BCUT2D eigenvalue weighted by atomic mass is 32.1. The predicted octanol–water partition coefficient (Wildman–Crippen LogP) is 0.582. The molecule has 1 heterocycles. The van der Waals surface area contributed by atoms with Crippen molar-refractivity contribution in [3.63, 3.8) is 0 Å². The van der Waals surface area contributed by atoms with Gasteiger partial charge in [-0.1, -0.05) is 6.07 Å². The summed E-state index contributed by atoms with van der Waals surface area (Å²) in [6.07, 6.45) is -0.419. The Kier molecular flexibility index (Phi) is 5.40. The van der Waals surface area contributed by atoms with Gasteiger partial charge >= 0.3 is 5.97 Å². The van der Waals surface area contributed by atoms with Crippen LogP contribution in [0.15, 0.2) is 18.3 Å². The summed E-state index contributed by atoms with van der Waals surface area (Å²) in [4.78, 5) is 15.3. The fourth-order valence-corrected chi connectivity index (χ4v) is 1.69. The number of nitrogens with zero attached hydrogens (tertiary/aromatic N) is 1. The van der Waals surface area contributed by atoms with E-state index in [1.807, 2.05) is 0 Å². The van der Waals surface area contributed by atoms with E-state index in [9.17, 15) is 15.0 Å². The summed E-state index contributed by atoms with van der Waals surface area (Å²) in [6, 6.07) is 3.12. The van der Waals surface area contributed by atoms with Gasteiger partial charge in [0.1, 0.15) is 6.10 Å². The molecule has 1 rings (SSSR count). The first kappa shape index (κ1) is 14.0. The maximum atomic E-state index is 11.4. The van der Waals surface area contributed by atoms with E-state index in [0.717, 1.165) is 0 Å². The lowest BCUT2D eigenvalue weighted by Crippen LogP contribution is -2.22. The molecule has 94 valence electrons. The highest BCUT2D eigenvalue weighted by Gasteiger charge is 2.24. The van der Waals surface area contributed by atoms with Crippen LogP contribution in [0.5, 0.6) is 0 Å².